The van der Waals surface area contributed by atoms with E-state index in [-0.39, 0.29) is 17.4 Å². The van der Waals surface area contributed by atoms with E-state index in [1.807, 2.05) is 25.3 Å². The fourth-order valence-corrected chi connectivity index (χ4v) is 5.09. The van der Waals surface area contributed by atoms with Gasteiger partial charge in [-0.3, -0.25) is 9.88 Å². The number of likely N-dealkylation sites (tertiary alicyclic amines) is 1. The molecule has 30 heavy (non-hydrogen) atoms. The van der Waals surface area contributed by atoms with Crippen LogP contribution in [0.25, 0.3) is 0 Å². The molecule has 0 bridgehead atoms. The van der Waals surface area contributed by atoms with Crippen molar-refractivity contribution in [2.24, 2.45) is 5.41 Å². The molecule has 5 heteroatoms. The van der Waals surface area contributed by atoms with E-state index < -0.39 is 6.10 Å². The van der Waals surface area contributed by atoms with E-state index >= 15 is 0 Å². The average molecular weight is 411 g/mol. The van der Waals surface area contributed by atoms with Gasteiger partial charge in [0.25, 0.3) is 0 Å². The van der Waals surface area contributed by atoms with Gasteiger partial charge in [0.1, 0.15) is 0 Å². The largest absolute Gasteiger partial charge is 0.493 e. The maximum absolute atomic E-state index is 10.7. The molecule has 2 aromatic rings. The first-order chi connectivity index (χ1) is 14.5. The second-order valence-corrected chi connectivity index (χ2v) is 9.20. The van der Waals surface area contributed by atoms with Gasteiger partial charge in [0, 0.05) is 43.4 Å². The highest BCUT2D eigenvalue weighted by atomic mass is 16.5. The molecule has 3 atom stereocenters. The molecule has 0 spiro atoms. The predicted molar refractivity (Wildman–Crippen MR) is 118 cm³/mol. The van der Waals surface area contributed by atoms with Gasteiger partial charge in [-0.15, -0.1) is 0 Å². The number of hydrogen-bond acceptors (Lipinski definition) is 5. The molecule has 1 aliphatic carbocycles. The number of pyridine rings is 1. The van der Waals surface area contributed by atoms with E-state index in [0.717, 1.165) is 44.0 Å². The number of hydrogen-bond donors (Lipinski definition) is 1. The fraction of sp³-hybridized carbons (Fsp3) is 0.560. The molecule has 4 rings (SSSR count). The quantitative estimate of drug-likeness (QED) is 0.733. The lowest BCUT2D eigenvalue weighted by molar-refractivity contribution is 0.0474. The van der Waals surface area contributed by atoms with Crippen LogP contribution in [0.4, 0.5) is 0 Å². The highest BCUT2D eigenvalue weighted by Gasteiger charge is 2.47. The van der Waals surface area contributed by atoms with Crippen molar-refractivity contribution < 1.29 is 14.6 Å². The minimum Gasteiger partial charge on any atom is -0.493 e. The number of aliphatic hydroxyl groups excluding tert-OH is 1. The lowest BCUT2D eigenvalue weighted by Crippen LogP contribution is -2.37. The number of aromatic nitrogens is 1. The Balaban J connectivity index is 1.59. The van der Waals surface area contributed by atoms with Crippen LogP contribution in [0.5, 0.6) is 11.5 Å². The summed E-state index contributed by atoms with van der Waals surface area (Å²) in [6.07, 6.45) is 8.29. The second kappa shape index (κ2) is 8.94. The van der Waals surface area contributed by atoms with Crippen molar-refractivity contribution in [1.82, 2.24) is 9.88 Å². The predicted octanol–water partition coefficient (Wildman–Crippen LogP) is 4.40. The molecule has 1 aliphatic heterocycles. The summed E-state index contributed by atoms with van der Waals surface area (Å²) in [5, 5.41) is 10.7. The smallest absolute Gasteiger partial charge is 0.161 e. The summed E-state index contributed by atoms with van der Waals surface area (Å²) >= 11 is 0. The van der Waals surface area contributed by atoms with Gasteiger partial charge in [-0.1, -0.05) is 19.1 Å². The van der Waals surface area contributed by atoms with Crippen LogP contribution in [0.15, 0.2) is 42.7 Å². The normalized spacial score (nSPS) is 26.1. The topological polar surface area (TPSA) is 54.8 Å². The van der Waals surface area contributed by atoms with E-state index in [4.69, 9.17) is 9.47 Å². The third-order valence-corrected chi connectivity index (χ3v) is 7.07. The van der Waals surface area contributed by atoms with Gasteiger partial charge in [-0.2, -0.15) is 0 Å². The Morgan fingerprint density at radius 2 is 2.03 bits per heavy atom. The minimum absolute atomic E-state index is 0.214. The molecule has 2 aliphatic rings. The van der Waals surface area contributed by atoms with Crippen LogP contribution in [0.1, 0.15) is 56.6 Å². The van der Waals surface area contributed by atoms with Crippen molar-refractivity contribution in [2.45, 2.75) is 64.2 Å². The maximum atomic E-state index is 10.7. The molecule has 3 unspecified atom stereocenters. The highest BCUT2D eigenvalue weighted by molar-refractivity contribution is 5.45. The third-order valence-electron chi connectivity index (χ3n) is 7.07. The van der Waals surface area contributed by atoms with Crippen LogP contribution >= 0.6 is 0 Å². The summed E-state index contributed by atoms with van der Waals surface area (Å²) < 4.78 is 11.9. The monoisotopic (exact) mass is 410 g/mol. The van der Waals surface area contributed by atoms with Crippen molar-refractivity contribution in [3.8, 4) is 11.5 Å². The molecule has 2 fully saturated rings. The summed E-state index contributed by atoms with van der Waals surface area (Å²) in [4.78, 5) is 6.68. The molecule has 5 nitrogen and oxygen atoms in total. The number of ether oxygens (including phenoxy) is 2. The van der Waals surface area contributed by atoms with E-state index in [9.17, 15) is 5.11 Å². The van der Waals surface area contributed by atoms with Gasteiger partial charge >= 0.3 is 0 Å². The van der Waals surface area contributed by atoms with Crippen LogP contribution in [0.3, 0.4) is 0 Å². The van der Waals surface area contributed by atoms with Gasteiger partial charge < -0.3 is 14.6 Å². The van der Waals surface area contributed by atoms with Crippen LogP contribution < -0.4 is 9.47 Å². The van der Waals surface area contributed by atoms with Crippen LogP contribution in [-0.2, 0) is 6.54 Å². The van der Waals surface area contributed by atoms with Gasteiger partial charge in [0.15, 0.2) is 11.5 Å². The number of benzene rings is 1. The standard InChI is InChI=1S/C25H34N2O3/c1-18(28)25(2)17-27(15-19-7-6-12-26-14-19)16-22(25)20-10-11-23(29-3)24(13-20)30-21-8-4-5-9-21/h6-7,10-14,18,21-22,28H,4-5,8-9,15-17H2,1-3H3. The Morgan fingerprint density at radius 1 is 1.23 bits per heavy atom. The summed E-state index contributed by atoms with van der Waals surface area (Å²) in [6, 6.07) is 10.4. The average Bonchev–Trinajstić information content (AvgIpc) is 3.37. The Bertz CT molecular complexity index is 836. The first-order valence-corrected chi connectivity index (χ1v) is 11.1. The fourth-order valence-electron chi connectivity index (χ4n) is 5.09. The van der Waals surface area contributed by atoms with Gasteiger partial charge in [-0.05, 0) is 61.9 Å². The van der Waals surface area contributed by atoms with Gasteiger partial charge in [-0.25, -0.2) is 0 Å². The maximum Gasteiger partial charge on any atom is 0.161 e. The van der Waals surface area contributed by atoms with E-state index in [1.165, 1.54) is 24.0 Å². The van der Waals surface area contributed by atoms with Crippen LogP contribution in [-0.4, -0.2) is 47.4 Å². The molecule has 0 amide bonds. The molecule has 1 aromatic heterocycles. The molecule has 1 N–H and O–H groups in total. The summed E-state index contributed by atoms with van der Waals surface area (Å²) in [7, 11) is 1.70. The number of rotatable bonds is 7. The first kappa shape index (κ1) is 21.1. The van der Waals surface area contributed by atoms with Crippen molar-refractivity contribution in [1.29, 1.82) is 0 Å². The van der Waals surface area contributed by atoms with Crippen molar-refractivity contribution in [3.05, 3.63) is 53.9 Å². The molecule has 1 aromatic carbocycles. The van der Waals surface area contributed by atoms with Gasteiger partial charge in [0.2, 0.25) is 0 Å². The lowest BCUT2D eigenvalue weighted by atomic mass is 9.72. The summed E-state index contributed by atoms with van der Waals surface area (Å²) in [6.45, 7) is 6.70. The molecule has 2 heterocycles. The molecular formula is C25H34N2O3. The lowest BCUT2D eigenvalue weighted by Gasteiger charge is -2.34. The van der Waals surface area contributed by atoms with Crippen LogP contribution in [0.2, 0.25) is 0 Å². The molecule has 1 saturated carbocycles. The summed E-state index contributed by atoms with van der Waals surface area (Å²) in [5.41, 5.74) is 2.17. The first-order valence-electron chi connectivity index (χ1n) is 11.1. The SMILES string of the molecule is COc1ccc(C2CN(Cc3cccnc3)CC2(C)C(C)O)cc1OC1CCCC1. The molecule has 162 valence electrons. The number of aliphatic hydroxyl groups is 1. The zero-order valence-electron chi connectivity index (χ0n) is 18.4. The van der Waals surface area contributed by atoms with Gasteiger partial charge in [0.05, 0.1) is 19.3 Å². The van der Waals surface area contributed by atoms with E-state index in [2.05, 4.69) is 35.0 Å². The van der Waals surface area contributed by atoms with E-state index in [0.29, 0.717) is 0 Å². The Labute approximate surface area is 180 Å². The number of nitrogens with zero attached hydrogens (tertiary/aromatic N) is 2. The van der Waals surface area contributed by atoms with Crippen molar-refractivity contribution in [3.63, 3.8) is 0 Å². The summed E-state index contributed by atoms with van der Waals surface area (Å²) in [5.74, 6) is 1.83. The highest BCUT2D eigenvalue weighted by Crippen LogP contribution is 2.47. The second-order valence-electron chi connectivity index (χ2n) is 9.20. The van der Waals surface area contributed by atoms with Crippen LogP contribution in [0, 0.1) is 5.41 Å². The van der Waals surface area contributed by atoms with Crippen molar-refractivity contribution in [2.75, 3.05) is 20.2 Å². The molecule has 0 radical (unpaired) electrons. The Morgan fingerprint density at radius 3 is 2.70 bits per heavy atom. The third kappa shape index (κ3) is 4.33. The number of methoxy groups -OCH3 is 1. The molecule has 1 saturated heterocycles. The Hall–Kier alpha value is -2.11. The van der Waals surface area contributed by atoms with Crippen molar-refractivity contribution >= 4 is 0 Å². The molecular weight excluding hydrogens is 376 g/mol. The Kier molecular flexibility index (Phi) is 6.30. The zero-order valence-corrected chi connectivity index (χ0v) is 18.4. The minimum atomic E-state index is -0.414. The van der Waals surface area contributed by atoms with E-state index in [1.54, 1.807) is 13.3 Å². The zero-order chi connectivity index (χ0) is 21.1.